The van der Waals surface area contributed by atoms with Crippen LogP contribution < -0.4 is 0 Å². The molecule has 0 saturated carbocycles. The van der Waals surface area contributed by atoms with Crippen LogP contribution in [0.25, 0.3) is 0 Å². The van der Waals surface area contributed by atoms with Crippen LogP contribution in [0.3, 0.4) is 0 Å². The summed E-state index contributed by atoms with van der Waals surface area (Å²) in [6.07, 6.45) is 0.769. The van der Waals surface area contributed by atoms with Crippen LogP contribution in [-0.4, -0.2) is 5.97 Å². The minimum Gasteiger partial charge on any atom is -0.348 e. The number of hydrogen-bond donors (Lipinski definition) is 0. The lowest BCUT2D eigenvalue weighted by Gasteiger charge is -1.80. The SMILES string of the molecule is C=CC(=O)OP(=O)=O. The Morgan fingerprint density at radius 2 is 2.12 bits per heavy atom. The molecular formula is C3H3O4P. The van der Waals surface area contributed by atoms with Gasteiger partial charge in [-0.2, -0.15) is 9.13 Å². The van der Waals surface area contributed by atoms with E-state index in [2.05, 4.69) is 11.1 Å². The van der Waals surface area contributed by atoms with E-state index >= 15 is 0 Å². The summed E-state index contributed by atoms with van der Waals surface area (Å²) < 4.78 is 22.6. The molecule has 0 aromatic carbocycles. The van der Waals surface area contributed by atoms with E-state index in [-0.39, 0.29) is 0 Å². The maximum atomic E-state index is 9.90. The molecule has 0 radical (unpaired) electrons. The third kappa shape index (κ3) is 3.31. The second-order valence-corrected chi connectivity index (χ2v) is 1.47. The van der Waals surface area contributed by atoms with E-state index in [1.54, 1.807) is 0 Å². The Bertz CT molecular complexity index is 160. The van der Waals surface area contributed by atoms with Gasteiger partial charge in [0.05, 0.1) is 0 Å². The highest BCUT2D eigenvalue weighted by molar-refractivity contribution is 7.25. The van der Waals surface area contributed by atoms with Crippen LogP contribution in [0, 0.1) is 0 Å². The molecule has 0 amide bonds. The second kappa shape index (κ2) is 3.16. The van der Waals surface area contributed by atoms with Crippen LogP contribution >= 0.6 is 7.91 Å². The number of hydrogen-bond acceptors (Lipinski definition) is 4. The third-order valence-electron chi connectivity index (χ3n) is 0.331. The van der Waals surface area contributed by atoms with Gasteiger partial charge >= 0.3 is 13.9 Å². The Morgan fingerprint density at radius 1 is 1.62 bits per heavy atom. The lowest BCUT2D eigenvalue weighted by Crippen LogP contribution is -1.87. The van der Waals surface area contributed by atoms with E-state index in [1.165, 1.54) is 0 Å². The van der Waals surface area contributed by atoms with E-state index in [1.807, 2.05) is 0 Å². The monoisotopic (exact) mass is 134 g/mol. The zero-order chi connectivity index (χ0) is 6.57. The molecule has 0 aromatic rings. The van der Waals surface area contributed by atoms with Crippen molar-refractivity contribution in [1.82, 2.24) is 0 Å². The largest absolute Gasteiger partial charge is 0.531 e. The van der Waals surface area contributed by atoms with Gasteiger partial charge in [0.25, 0.3) is 0 Å². The molecule has 0 aliphatic rings. The summed E-state index contributed by atoms with van der Waals surface area (Å²) in [6.45, 7) is 2.97. The summed E-state index contributed by atoms with van der Waals surface area (Å²) in [4.78, 5) is 9.90. The van der Waals surface area contributed by atoms with Crippen molar-refractivity contribution in [2.75, 3.05) is 0 Å². The summed E-state index contributed by atoms with van der Waals surface area (Å²) in [6, 6.07) is 0. The van der Waals surface area contributed by atoms with Crippen molar-refractivity contribution in [2.45, 2.75) is 0 Å². The molecule has 8 heavy (non-hydrogen) atoms. The molecule has 44 valence electrons. The first-order chi connectivity index (χ1) is 3.66. The van der Waals surface area contributed by atoms with Crippen molar-refractivity contribution in [1.29, 1.82) is 0 Å². The van der Waals surface area contributed by atoms with Gasteiger partial charge < -0.3 is 4.52 Å². The normalized spacial score (nSPS) is 7.50. The van der Waals surface area contributed by atoms with Crippen molar-refractivity contribution in [3.63, 3.8) is 0 Å². The molecule has 0 bridgehead atoms. The molecule has 0 heterocycles. The molecule has 4 nitrogen and oxygen atoms in total. The van der Waals surface area contributed by atoms with Gasteiger partial charge in [-0.1, -0.05) is 6.58 Å². The van der Waals surface area contributed by atoms with Gasteiger partial charge in [-0.3, -0.25) is 0 Å². The van der Waals surface area contributed by atoms with Crippen LogP contribution in [0.5, 0.6) is 0 Å². The summed E-state index contributed by atoms with van der Waals surface area (Å²) in [5.74, 6) is -0.957. The maximum absolute atomic E-state index is 9.90. The van der Waals surface area contributed by atoms with Crippen molar-refractivity contribution in [2.24, 2.45) is 0 Å². The Balaban J connectivity index is 3.73. The molecule has 0 saturated heterocycles. The summed E-state index contributed by atoms with van der Waals surface area (Å²) in [5.41, 5.74) is 0. The summed E-state index contributed by atoms with van der Waals surface area (Å²) in [7, 11) is -3.07. The van der Waals surface area contributed by atoms with Gasteiger partial charge in [-0.05, 0) is 0 Å². The van der Waals surface area contributed by atoms with E-state index < -0.39 is 13.9 Å². The Labute approximate surface area is 46.1 Å². The van der Waals surface area contributed by atoms with Gasteiger partial charge in [-0.25, -0.2) is 4.79 Å². The van der Waals surface area contributed by atoms with Gasteiger partial charge in [0, 0.05) is 6.08 Å². The van der Waals surface area contributed by atoms with E-state index in [0.29, 0.717) is 0 Å². The van der Waals surface area contributed by atoms with Gasteiger partial charge in [0.2, 0.25) is 0 Å². The number of rotatable bonds is 2. The van der Waals surface area contributed by atoms with E-state index in [9.17, 15) is 13.9 Å². The minimum atomic E-state index is -3.07. The second-order valence-electron chi connectivity index (χ2n) is 0.838. The number of carbonyl (C=O) groups excluding carboxylic acids is 1. The van der Waals surface area contributed by atoms with Crippen LogP contribution in [0.15, 0.2) is 12.7 Å². The van der Waals surface area contributed by atoms with Gasteiger partial charge in [0.15, 0.2) is 0 Å². The highest BCUT2D eigenvalue weighted by atomic mass is 31.1. The fourth-order valence-electron chi connectivity index (χ4n) is 0.111. The molecule has 0 spiro atoms. The average molecular weight is 134 g/mol. The molecule has 0 aliphatic carbocycles. The van der Waals surface area contributed by atoms with Crippen LogP contribution in [0.2, 0.25) is 0 Å². The van der Waals surface area contributed by atoms with E-state index in [0.717, 1.165) is 6.08 Å². The first kappa shape index (κ1) is 7.11. The molecule has 0 unspecified atom stereocenters. The summed E-state index contributed by atoms with van der Waals surface area (Å²) >= 11 is 0. The molecule has 5 heteroatoms. The van der Waals surface area contributed by atoms with Crippen molar-refractivity contribution >= 4 is 13.9 Å². The van der Waals surface area contributed by atoms with Crippen LogP contribution in [0.4, 0.5) is 0 Å². The van der Waals surface area contributed by atoms with Gasteiger partial charge in [0.1, 0.15) is 0 Å². The Kier molecular flexibility index (Phi) is 2.80. The zero-order valence-electron chi connectivity index (χ0n) is 3.86. The van der Waals surface area contributed by atoms with Crippen molar-refractivity contribution < 1.29 is 18.4 Å². The molecule has 0 fully saturated rings. The molecule has 0 rings (SSSR count). The Hall–Kier alpha value is -0.890. The third-order valence-corrected chi connectivity index (χ3v) is 0.660. The predicted molar refractivity (Wildman–Crippen MR) is 24.6 cm³/mol. The molecule has 0 N–H and O–H groups in total. The smallest absolute Gasteiger partial charge is 0.348 e. The lowest BCUT2D eigenvalue weighted by molar-refractivity contribution is -0.128. The Morgan fingerprint density at radius 3 is 2.25 bits per heavy atom. The zero-order valence-corrected chi connectivity index (χ0v) is 4.76. The topological polar surface area (TPSA) is 60.4 Å². The first-order valence-corrected chi connectivity index (χ1v) is 2.75. The lowest BCUT2D eigenvalue weighted by atomic mass is 10.7. The molecule has 0 atom stereocenters. The van der Waals surface area contributed by atoms with Crippen molar-refractivity contribution in [3.05, 3.63) is 12.7 Å². The molecule has 0 aliphatic heterocycles. The fourth-order valence-corrected chi connectivity index (χ4v) is 0.332. The predicted octanol–water partition coefficient (Wildman–Crippen LogP) is 0.803. The van der Waals surface area contributed by atoms with Gasteiger partial charge in [-0.15, -0.1) is 0 Å². The average Bonchev–Trinajstić information content (AvgIpc) is 1.65. The van der Waals surface area contributed by atoms with Crippen LogP contribution in [-0.2, 0) is 18.4 Å². The summed E-state index contributed by atoms with van der Waals surface area (Å²) in [5, 5.41) is 0. The maximum Gasteiger partial charge on any atom is 0.531 e. The highest BCUT2D eigenvalue weighted by Crippen LogP contribution is 2.03. The molecular weight excluding hydrogens is 131 g/mol. The molecule has 0 aromatic heterocycles. The van der Waals surface area contributed by atoms with E-state index in [4.69, 9.17) is 0 Å². The quantitative estimate of drug-likeness (QED) is 0.414. The van der Waals surface area contributed by atoms with Crippen LogP contribution in [0.1, 0.15) is 0 Å². The standard InChI is InChI=1S/C3H3O4P/c1-2-3(4)7-8(5)6/h2H,1H2. The highest BCUT2D eigenvalue weighted by Gasteiger charge is 1.96. The minimum absolute atomic E-state index is 0.769. The first-order valence-electron chi connectivity index (χ1n) is 1.65. The fraction of sp³-hybridized carbons (Fsp3) is 0. The van der Waals surface area contributed by atoms with Crippen molar-refractivity contribution in [3.8, 4) is 0 Å². The number of carbonyl (C=O) groups is 1.